The van der Waals surface area contributed by atoms with Crippen molar-refractivity contribution in [1.29, 1.82) is 0 Å². The molecule has 0 saturated carbocycles. The minimum atomic E-state index is -4.73. The molecule has 0 amide bonds. The van der Waals surface area contributed by atoms with Crippen molar-refractivity contribution in [3.63, 3.8) is 0 Å². The van der Waals surface area contributed by atoms with Crippen LogP contribution in [-0.4, -0.2) is 25.8 Å². The molecule has 0 spiro atoms. The molecule has 9 heteroatoms. The van der Waals surface area contributed by atoms with Crippen molar-refractivity contribution in [3.8, 4) is 5.82 Å². The Morgan fingerprint density at radius 3 is 2.67 bits per heavy atom. The minimum absolute atomic E-state index is 0.0964. The lowest BCUT2D eigenvalue weighted by Crippen LogP contribution is -2.13. The first kappa shape index (κ1) is 15.0. The Balaban J connectivity index is 2.65. The molecule has 5 nitrogen and oxygen atoms in total. The van der Waals surface area contributed by atoms with Crippen molar-refractivity contribution in [2.75, 3.05) is 0 Å². The number of pyridine rings is 1. The minimum Gasteiger partial charge on any atom is -0.478 e. The van der Waals surface area contributed by atoms with Crippen LogP contribution in [0.15, 0.2) is 30.6 Å². The number of alkyl halides is 3. The van der Waals surface area contributed by atoms with Gasteiger partial charge in [-0.2, -0.15) is 18.3 Å². The summed E-state index contributed by atoms with van der Waals surface area (Å²) in [6.07, 6.45) is -0.122. The molecular formula is C12H7ClF3N3O2. The van der Waals surface area contributed by atoms with E-state index >= 15 is 0 Å². The van der Waals surface area contributed by atoms with Crippen LogP contribution in [0.2, 0.25) is 5.02 Å². The number of carbonyl (C=O) groups is 1. The summed E-state index contributed by atoms with van der Waals surface area (Å²) in [6, 6.07) is 2.49. The Morgan fingerprint density at radius 2 is 2.14 bits per heavy atom. The molecule has 0 aromatic carbocycles. The quantitative estimate of drug-likeness (QED) is 0.884. The average Bonchev–Trinajstić information content (AvgIpc) is 2.88. The van der Waals surface area contributed by atoms with Gasteiger partial charge in [0.1, 0.15) is 0 Å². The molecule has 2 aromatic rings. The van der Waals surface area contributed by atoms with Crippen LogP contribution in [0.25, 0.3) is 11.9 Å². The van der Waals surface area contributed by atoms with Gasteiger partial charge in [0.05, 0.1) is 5.02 Å². The second-order valence-electron chi connectivity index (χ2n) is 3.85. The van der Waals surface area contributed by atoms with Gasteiger partial charge < -0.3 is 5.11 Å². The SMILES string of the molecule is O=C(O)C=Cc1cc(Cl)c(C(F)(F)F)nc1-n1cccn1. The van der Waals surface area contributed by atoms with Crippen LogP contribution in [0.5, 0.6) is 0 Å². The number of rotatable bonds is 3. The number of aromatic nitrogens is 3. The van der Waals surface area contributed by atoms with Crippen LogP contribution in [-0.2, 0) is 11.0 Å². The molecule has 2 rings (SSSR count). The van der Waals surface area contributed by atoms with Gasteiger partial charge in [-0.1, -0.05) is 11.6 Å². The third-order valence-corrected chi connectivity index (χ3v) is 2.67. The largest absolute Gasteiger partial charge is 0.478 e. The smallest absolute Gasteiger partial charge is 0.434 e. The lowest BCUT2D eigenvalue weighted by atomic mass is 10.2. The van der Waals surface area contributed by atoms with E-state index in [1.807, 2.05) is 0 Å². The van der Waals surface area contributed by atoms with Gasteiger partial charge in [0.25, 0.3) is 0 Å². The highest BCUT2D eigenvalue weighted by atomic mass is 35.5. The Hall–Kier alpha value is -2.35. The second kappa shape index (κ2) is 5.57. The van der Waals surface area contributed by atoms with E-state index in [-0.39, 0.29) is 11.4 Å². The maximum atomic E-state index is 12.8. The van der Waals surface area contributed by atoms with Crippen molar-refractivity contribution in [2.24, 2.45) is 0 Å². The maximum Gasteiger partial charge on any atom is 0.434 e. The molecule has 0 bridgehead atoms. The second-order valence-corrected chi connectivity index (χ2v) is 4.26. The Morgan fingerprint density at radius 1 is 1.43 bits per heavy atom. The molecule has 0 atom stereocenters. The molecule has 21 heavy (non-hydrogen) atoms. The number of halogens is 4. The van der Waals surface area contributed by atoms with Crippen molar-refractivity contribution < 1.29 is 23.1 Å². The van der Waals surface area contributed by atoms with Gasteiger partial charge >= 0.3 is 12.1 Å². The Kier molecular flexibility index (Phi) is 3.99. The standard InChI is InChI=1S/C12H7ClF3N3O2/c13-8-6-7(2-3-9(20)21)11(19-5-1-4-17-19)18-10(8)12(14,15)16/h1-6H,(H,20,21). The summed E-state index contributed by atoms with van der Waals surface area (Å²) >= 11 is 5.57. The number of carboxylic acids is 1. The fourth-order valence-corrected chi connectivity index (χ4v) is 1.82. The van der Waals surface area contributed by atoms with E-state index in [0.29, 0.717) is 0 Å². The van der Waals surface area contributed by atoms with Gasteiger partial charge in [0, 0.05) is 24.0 Å². The van der Waals surface area contributed by atoms with Crippen LogP contribution in [0.1, 0.15) is 11.3 Å². The summed E-state index contributed by atoms with van der Waals surface area (Å²) in [7, 11) is 0. The van der Waals surface area contributed by atoms with Crippen LogP contribution in [0, 0.1) is 0 Å². The summed E-state index contributed by atoms with van der Waals surface area (Å²) in [6.45, 7) is 0. The summed E-state index contributed by atoms with van der Waals surface area (Å²) in [5.41, 5.74) is -1.17. The van der Waals surface area contributed by atoms with Gasteiger partial charge in [0.2, 0.25) is 0 Å². The van der Waals surface area contributed by atoms with Crippen molar-refractivity contribution in [1.82, 2.24) is 14.8 Å². The highest BCUT2D eigenvalue weighted by molar-refractivity contribution is 6.31. The van der Waals surface area contributed by atoms with E-state index < -0.39 is 22.9 Å². The molecule has 0 aliphatic carbocycles. The Labute approximate surface area is 121 Å². The van der Waals surface area contributed by atoms with E-state index in [1.54, 1.807) is 0 Å². The number of hydrogen-bond donors (Lipinski definition) is 1. The summed E-state index contributed by atoms with van der Waals surface area (Å²) in [5, 5.41) is 11.8. The van der Waals surface area contributed by atoms with Crippen molar-refractivity contribution >= 4 is 23.6 Å². The fraction of sp³-hybridized carbons (Fsp3) is 0.0833. The maximum absolute atomic E-state index is 12.8. The molecule has 2 heterocycles. The first-order valence-corrected chi connectivity index (χ1v) is 5.85. The topological polar surface area (TPSA) is 68.0 Å². The molecule has 0 aliphatic rings. The lowest BCUT2D eigenvalue weighted by Gasteiger charge is -2.12. The molecule has 0 fully saturated rings. The predicted octanol–water partition coefficient (Wildman–Crippen LogP) is 3.04. The van der Waals surface area contributed by atoms with Crippen molar-refractivity contribution in [3.05, 3.63) is 46.9 Å². The van der Waals surface area contributed by atoms with Gasteiger partial charge in [-0.05, 0) is 18.2 Å². The van der Waals surface area contributed by atoms with E-state index in [9.17, 15) is 18.0 Å². The van der Waals surface area contributed by atoms with Gasteiger partial charge in [-0.15, -0.1) is 0 Å². The summed E-state index contributed by atoms with van der Waals surface area (Å²) in [4.78, 5) is 14.0. The van der Waals surface area contributed by atoms with Gasteiger partial charge in [0.15, 0.2) is 11.5 Å². The third-order valence-electron chi connectivity index (χ3n) is 2.38. The van der Waals surface area contributed by atoms with Crippen LogP contribution < -0.4 is 0 Å². The van der Waals surface area contributed by atoms with E-state index in [1.165, 1.54) is 18.5 Å². The van der Waals surface area contributed by atoms with E-state index in [4.69, 9.17) is 16.7 Å². The first-order valence-electron chi connectivity index (χ1n) is 5.48. The number of hydrogen-bond acceptors (Lipinski definition) is 3. The van der Waals surface area contributed by atoms with E-state index in [0.717, 1.165) is 22.9 Å². The molecule has 1 N–H and O–H groups in total. The number of aliphatic carboxylic acids is 1. The van der Waals surface area contributed by atoms with Crippen LogP contribution in [0.3, 0.4) is 0 Å². The van der Waals surface area contributed by atoms with Crippen LogP contribution >= 0.6 is 11.6 Å². The molecule has 0 radical (unpaired) electrons. The molecule has 0 unspecified atom stereocenters. The molecule has 0 aliphatic heterocycles. The highest BCUT2D eigenvalue weighted by Gasteiger charge is 2.36. The van der Waals surface area contributed by atoms with Crippen molar-refractivity contribution in [2.45, 2.75) is 6.18 Å². The van der Waals surface area contributed by atoms with Crippen LogP contribution in [0.4, 0.5) is 13.2 Å². The van der Waals surface area contributed by atoms with Gasteiger partial charge in [-0.25, -0.2) is 14.5 Å². The zero-order valence-electron chi connectivity index (χ0n) is 10.2. The Bertz CT molecular complexity index is 697. The molecule has 0 saturated heterocycles. The number of carboxylic acid groups (broad SMARTS) is 1. The average molecular weight is 318 g/mol. The zero-order chi connectivity index (χ0) is 15.6. The molecular weight excluding hydrogens is 311 g/mol. The predicted molar refractivity (Wildman–Crippen MR) is 68.0 cm³/mol. The first-order chi connectivity index (χ1) is 9.79. The van der Waals surface area contributed by atoms with Gasteiger partial charge in [-0.3, -0.25) is 0 Å². The lowest BCUT2D eigenvalue weighted by molar-refractivity contribution is -0.141. The monoisotopic (exact) mass is 317 g/mol. The summed E-state index contributed by atoms with van der Waals surface area (Å²) < 4.78 is 39.6. The number of nitrogens with zero attached hydrogens (tertiary/aromatic N) is 3. The normalized spacial score (nSPS) is 12.0. The molecule has 110 valence electrons. The summed E-state index contributed by atoms with van der Waals surface area (Å²) in [5.74, 6) is -1.42. The highest BCUT2D eigenvalue weighted by Crippen LogP contribution is 2.35. The zero-order valence-corrected chi connectivity index (χ0v) is 10.9. The molecule has 2 aromatic heterocycles. The fourth-order valence-electron chi connectivity index (χ4n) is 1.55. The van der Waals surface area contributed by atoms with E-state index in [2.05, 4.69) is 10.1 Å². The third kappa shape index (κ3) is 3.40.